The fourth-order valence-corrected chi connectivity index (χ4v) is 4.77. The highest BCUT2D eigenvalue weighted by atomic mass is 32.2. The Bertz CT molecular complexity index is 697. The van der Waals surface area contributed by atoms with Crippen molar-refractivity contribution in [2.24, 2.45) is 0 Å². The minimum atomic E-state index is -3.19. The van der Waals surface area contributed by atoms with Crippen molar-refractivity contribution in [3.8, 4) is 0 Å². The van der Waals surface area contributed by atoms with E-state index in [2.05, 4.69) is 10.6 Å². The monoisotopic (exact) mass is 337 g/mol. The van der Waals surface area contributed by atoms with Crippen LogP contribution in [0, 0.1) is 6.92 Å². The summed E-state index contributed by atoms with van der Waals surface area (Å²) in [4.78, 5) is 12.4. The number of carbonyl (C=O) groups is 1. The minimum Gasteiger partial charge on any atom is -0.349 e. The molecule has 1 amide bonds. The highest BCUT2D eigenvalue weighted by molar-refractivity contribution is 7.93. The molecule has 0 spiro atoms. The topological polar surface area (TPSA) is 78.5 Å². The molecule has 0 saturated carbocycles. The molecule has 2 fully saturated rings. The van der Waals surface area contributed by atoms with Gasteiger partial charge in [0.2, 0.25) is 10.0 Å². The van der Waals surface area contributed by atoms with Crippen molar-refractivity contribution in [1.29, 1.82) is 0 Å². The SMILES string of the molecule is Cc1cc(N2CCCS2(=O)=O)ccc1C(=O)NC1CCNCC1. The Kier molecular flexibility index (Phi) is 4.59. The van der Waals surface area contributed by atoms with Gasteiger partial charge in [-0.25, -0.2) is 8.42 Å². The molecule has 23 heavy (non-hydrogen) atoms. The van der Waals surface area contributed by atoms with E-state index in [1.807, 2.05) is 6.92 Å². The number of piperidine rings is 1. The van der Waals surface area contributed by atoms with Crippen LogP contribution >= 0.6 is 0 Å². The van der Waals surface area contributed by atoms with Crippen LogP contribution in [-0.2, 0) is 10.0 Å². The van der Waals surface area contributed by atoms with Gasteiger partial charge < -0.3 is 10.6 Å². The smallest absolute Gasteiger partial charge is 0.251 e. The fourth-order valence-electron chi connectivity index (χ4n) is 3.22. The zero-order chi connectivity index (χ0) is 16.4. The van der Waals surface area contributed by atoms with E-state index < -0.39 is 10.0 Å². The van der Waals surface area contributed by atoms with Crippen LogP contribution in [0.15, 0.2) is 18.2 Å². The fraction of sp³-hybridized carbons (Fsp3) is 0.562. The third-order valence-electron chi connectivity index (χ3n) is 4.52. The molecule has 6 nitrogen and oxygen atoms in total. The van der Waals surface area contributed by atoms with Crippen LogP contribution in [0.25, 0.3) is 0 Å². The number of hydrogen-bond donors (Lipinski definition) is 2. The molecule has 0 radical (unpaired) electrons. The Labute approximate surface area is 137 Å². The molecule has 2 aliphatic heterocycles. The molecule has 1 aromatic carbocycles. The largest absolute Gasteiger partial charge is 0.349 e. The normalized spacial score (nSPS) is 21.3. The molecular formula is C16H23N3O3S. The summed E-state index contributed by atoms with van der Waals surface area (Å²) in [5, 5.41) is 6.34. The molecule has 0 aliphatic carbocycles. The van der Waals surface area contributed by atoms with Gasteiger partial charge in [-0.1, -0.05) is 0 Å². The average molecular weight is 337 g/mol. The number of amides is 1. The highest BCUT2D eigenvalue weighted by Gasteiger charge is 2.29. The minimum absolute atomic E-state index is 0.0785. The van der Waals surface area contributed by atoms with Gasteiger partial charge in [0.25, 0.3) is 5.91 Å². The number of nitrogens with zero attached hydrogens (tertiary/aromatic N) is 1. The lowest BCUT2D eigenvalue weighted by Gasteiger charge is -2.24. The maximum Gasteiger partial charge on any atom is 0.251 e. The zero-order valence-electron chi connectivity index (χ0n) is 13.3. The number of nitrogens with one attached hydrogen (secondary N) is 2. The van der Waals surface area contributed by atoms with E-state index in [9.17, 15) is 13.2 Å². The molecule has 126 valence electrons. The second-order valence-electron chi connectivity index (χ2n) is 6.24. The maximum absolute atomic E-state index is 12.4. The van der Waals surface area contributed by atoms with Crippen LogP contribution in [0.3, 0.4) is 0 Å². The van der Waals surface area contributed by atoms with E-state index >= 15 is 0 Å². The highest BCUT2D eigenvalue weighted by Crippen LogP contribution is 2.26. The second-order valence-corrected chi connectivity index (χ2v) is 8.25. The van der Waals surface area contributed by atoms with Crippen LogP contribution in [0.2, 0.25) is 0 Å². The van der Waals surface area contributed by atoms with Gasteiger partial charge in [-0.3, -0.25) is 9.10 Å². The molecule has 0 unspecified atom stereocenters. The third kappa shape index (κ3) is 3.50. The molecule has 0 atom stereocenters. The van der Waals surface area contributed by atoms with Crippen LogP contribution in [0.4, 0.5) is 5.69 Å². The first-order chi connectivity index (χ1) is 11.0. The lowest BCUT2D eigenvalue weighted by molar-refractivity contribution is 0.0929. The van der Waals surface area contributed by atoms with E-state index in [0.29, 0.717) is 24.2 Å². The Morgan fingerprint density at radius 1 is 1.30 bits per heavy atom. The predicted octanol–water partition coefficient (Wildman–Crippen LogP) is 1.02. The van der Waals surface area contributed by atoms with Gasteiger partial charge in [-0.15, -0.1) is 0 Å². The number of rotatable bonds is 3. The van der Waals surface area contributed by atoms with Gasteiger partial charge in [-0.05, 0) is 63.0 Å². The van der Waals surface area contributed by atoms with E-state index in [1.165, 1.54) is 4.31 Å². The van der Waals surface area contributed by atoms with Gasteiger partial charge in [0.05, 0.1) is 11.4 Å². The van der Waals surface area contributed by atoms with Gasteiger partial charge in [-0.2, -0.15) is 0 Å². The molecule has 2 aliphatic rings. The summed E-state index contributed by atoms with van der Waals surface area (Å²) in [5.74, 6) is 0.120. The predicted molar refractivity (Wildman–Crippen MR) is 90.3 cm³/mol. The summed E-state index contributed by atoms with van der Waals surface area (Å²) in [5.41, 5.74) is 2.07. The first kappa shape index (κ1) is 16.3. The van der Waals surface area contributed by atoms with Crippen molar-refractivity contribution in [3.63, 3.8) is 0 Å². The molecular weight excluding hydrogens is 314 g/mol. The molecule has 2 N–H and O–H groups in total. The van der Waals surface area contributed by atoms with Crippen molar-refractivity contribution in [2.45, 2.75) is 32.2 Å². The van der Waals surface area contributed by atoms with E-state index in [-0.39, 0.29) is 17.7 Å². The average Bonchev–Trinajstić information content (AvgIpc) is 2.87. The number of carbonyl (C=O) groups excluding carboxylic acids is 1. The van der Waals surface area contributed by atoms with Gasteiger partial charge in [0, 0.05) is 18.2 Å². The molecule has 2 saturated heterocycles. The molecule has 3 rings (SSSR count). The number of sulfonamides is 1. The summed E-state index contributed by atoms with van der Waals surface area (Å²) in [7, 11) is -3.19. The van der Waals surface area contributed by atoms with Crippen LogP contribution in [-0.4, -0.2) is 45.8 Å². The van der Waals surface area contributed by atoms with Crippen molar-refractivity contribution in [1.82, 2.24) is 10.6 Å². The zero-order valence-corrected chi connectivity index (χ0v) is 14.2. The first-order valence-electron chi connectivity index (χ1n) is 8.10. The molecule has 1 aromatic rings. The lowest BCUT2D eigenvalue weighted by atomic mass is 10.0. The van der Waals surface area contributed by atoms with Gasteiger partial charge >= 0.3 is 0 Å². The first-order valence-corrected chi connectivity index (χ1v) is 9.71. The molecule has 0 aromatic heterocycles. The summed E-state index contributed by atoms with van der Waals surface area (Å²) in [6.45, 7) is 4.22. The number of benzene rings is 1. The van der Waals surface area contributed by atoms with Crippen molar-refractivity contribution in [3.05, 3.63) is 29.3 Å². The Morgan fingerprint density at radius 3 is 2.65 bits per heavy atom. The number of hydrogen-bond acceptors (Lipinski definition) is 4. The van der Waals surface area contributed by atoms with Gasteiger partial charge in [0.15, 0.2) is 0 Å². The van der Waals surface area contributed by atoms with E-state index in [1.54, 1.807) is 18.2 Å². The standard InChI is InChI=1S/C16H23N3O3S/c1-12-11-14(19-9-2-10-23(19,21)22)3-4-15(12)16(20)18-13-5-7-17-8-6-13/h3-4,11,13,17H,2,5-10H2,1H3,(H,18,20). The number of aryl methyl sites for hydroxylation is 1. The van der Waals surface area contributed by atoms with Crippen molar-refractivity contribution in [2.75, 3.05) is 29.7 Å². The second kappa shape index (κ2) is 6.49. The van der Waals surface area contributed by atoms with E-state index in [0.717, 1.165) is 31.5 Å². The van der Waals surface area contributed by atoms with Crippen LogP contribution in [0.1, 0.15) is 35.2 Å². The Balaban J connectivity index is 1.75. The quantitative estimate of drug-likeness (QED) is 0.863. The lowest BCUT2D eigenvalue weighted by Crippen LogP contribution is -2.42. The molecule has 2 heterocycles. The van der Waals surface area contributed by atoms with Crippen molar-refractivity contribution >= 4 is 21.6 Å². The van der Waals surface area contributed by atoms with Crippen molar-refractivity contribution < 1.29 is 13.2 Å². The third-order valence-corrected chi connectivity index (χ3v) is 6.39. The summed E-state index contributed by atoms with van der Waals surface area (Å²) < 4.78 is 25.4. The summed E-state index contributed by atoms with van der Waals surface area (Å²) >= 11 is 0. The molecule has 0 bridgehead atoms. The van der Waals surface area contributed by atoms with E-state index in [4.69, 9.17) is 0 Å². The van der Waals surface area contributed by atoms with Crippen LogP contribution < -0.4 is 14.9 Å². The Hall–Kier alpha value is -1.60. The number of anilines is 1. The summed E-state index contributed by atoms with van der Waals surface area (Å²) in [6, 6.07) is 5.46. The Morgan fingerprint density at radius 2 is 2.04 bits per heavy atom. The maximum atomic E-state index is 12.4. The van der Waals surface area contributed by atoms with Gasteiger partial charge in [0.1, 0.15) is 0 Å². The summed E-state index contributed by atoms with van der Waals surface area (Å²) in [6.07, 6.45) is 2.53. The van der Waals surface area contributed by atoms with Crippen LogP contribution in [0.5, 0.6) is 0 Å². The molecule has 7 heteroatoms.